The summed E-state index contributed by atoms with van der Waals surface area (Å²) >= 11 is 0. The van der Waals surface area contributed by atoms with Crippen LogP contribution in [-0.4, -0.2) is 49.7 Å². The Hall–Kier alpha value is -2.66. The lowest BCUT2D eigenvalue weighted by atomic mass is 9.91. The largest absolute Gasteiger partial charge is 0.387 e. The highest BCUT2D eigenvalue weighted by molar-refractivity contribution is 5.86. The van der Waals surface area contributed by atoms with Crippen LogP contribution in [0.15, 0.2) is 30.7 Å². The van der Waals surface area contributed by atoms with E-state index in [-0.39, 0.29) is 12.4 Å². The second-order valence-electron chi connectivity index (χ2n) is 7.20. The summed E-state index contributed by atoms with van der Waals surface area (Å²) in [7, 11) is 0. The van der Waals surface area contributed by atoms with E-state index >= 15 is 0 Å². The molecular formula is C19H18F2N4O4. The zero-order valence-corrected chi connectivity index (χ0v) is 15.1. The van der Waals surface area contributed by atoms with E-state index in [9.17, 15) is 19.0 Å². The first kappa shape index (κ1) is 18.4. The van der Waals surface area contributed by atoms with Crippen LogP contribution in [0.1, 0.15) is 23.5 Å². The number of halogens is 2. The lowest BCUT2D eigenvalue weighted by Gasteiger charge is -2.31. The number of nitrogens with zero attached hydrogens (tertiary/aromatic N) is 3. The molecule has 152 valence electrons. The SMILES string of the molecule is Nc1ncnc2c1ccn2[C@@H]1O[C@H]([C@@H]2OCCc3cc(F)c(F)cc32)[C@@H](O)[C@H]1O. The molecular weight excluding hydrogens is 386 g/mol. The standard InChI is InChI=1S/C19H18F2N4O4/c20-11-5-8-2-4-28-15(10(8)6-12(11)21)16-13(26)14(27)19(29-16)25-3-1-9-17(22)23-7-24-18(9)25/h1,3,5-7,13-16,19,26-27H,2,4H2,(H2,22,23,24)/t13-,14+,15+,16-,19+/m0/s1. The van der Waals surface area contributed by atoms with Crippen molar-refractivity contribution in [2.24, 2.45) is 0 Å². The van der Waals surface area contributed by atoms with Gasteiger partial charge in [-0.1, -0.05) is 0 Å². The van der Waals surface area contributed by atoms with Crippen molar-refractivity contribution < 1.29 is 28.5 Å². The Morgan fingerprint density at radius 2 is 1.93 bits per heavy atom. The second kappa shape index (κ2) is 6.70. The third kappa shape index (κ3) is 2.79. The molecule has 4 N–H and O–H groups in total. The number of anilines is 1. The molecule has 2 aromatic heterocycles. The number of aromatic nitrogens is 3. The summed E-state index contributed by atoms with van der Waals surface area (Å²) in [6.07, 6.45) is -2.10. The van der Waals surface area contributed by atoms with Crippen molar-refractivity contribution in [3.8, 4) is 0 Å². The molecule has 0 bridgehead atoms. The number of hydrogen-bond donors (Lipinski definition) is 3. The summed E-state index contributed by atoms with van der Waals surface area (Å²) in [6, 6.07) is 3.88. The summed E-state index contributed by atoms with van der Waals surface area (Å²) in [6.45, 7) is 0.256. The number of aliphatic hydroxyl groups is 2. The fraction of sp³-hybridized carbons (Fsp3) is 0.368. The monoisotopic (exact) mass is 404 g/mol. The number of ether oxygens (including phenoxy) is 2. The first-order valence-corrected chi connectivity index (χ1v) is 9.13. The van der Waals surface area contributed by atoms with Crippen molar-refractivity contribution in [2.75, 3.05) is 12.3 Å². The van der Waals surface area contributed by atoms with Gasteiger partial charge in [-0.05, 0) is 35.7 Å². The number of benzene rings is 1. The molecule has 1 saturated heterocycles. The topological polar surface area (TPSA) is 116 Å². The van der Waals surface area contributed by atoms with Gasteiger partial charge in [0.1, 0.15) is 42.2 Å². The number of rotatable bonds is 2. The molecule has 2 aliphatic rings. The Kier molecular flexibility index (Phi) is 4.24. The van der Waals surface area contributed by atoms with E-state index in [2.05, 4.69) is 9.97 Å². The Morgan fingerprint density at radius 1 is 1.14 bits per heavy atom. The van der Waals surface area contributed by atoms with E-state index in [4.69, 9.17) is 15.2 Å². The Balaban J connectivity index is 1.51. The minimum atomic E-state index is -1.32. The predicted molar refractivity (Wildman–Crippen MR) is 96.6 cm³/mol. The van der Waals surface area contributed by atoms with Gasteiger partial charge >= 0.3 is 0 Å². The van der Waals surface area contributed by atoms with Crippen molar-refractivity contribution in [2.45, 2.75) is 37.1 Å². The highest BCUT2D eigenvalue weighted by Gasteiger charge is 2.49. The fourth-order valence-electron chi connectivity index (χ4n) is 4.10. The van der Waals surface area contributed by atoms with Crippen LogP contribution < -0.4 is 5.73 Å². The minimum Gasteiger partial charge on any atom is -0.387 e. The summed E-state index contributed by atoms with van der Waals surface area (Å²) < 4.78 is 40.7. The number of fused-ring (bicyclic) bond motifs is 2. The van der Waals surface area contributed by atoms with Gasteiger partial charge < -0.3 is 30.0 Å². The van der Waals surface area contributed by atoms with Crippen molar-refractivity contribution in [3.63, 3.8) is 0 Å². The molecule has 1 aromatic carbocycles. The third-order valence-electron chi connectivity index (χ3n) is 5.55. The Bertz CT molecular complexity index is 1090. The van der Waals surface area contributed by atoms with Gasteiger partial charge in [0.25, 0.3) is 0 Å². The van der Waals surface area contributed by atoms with Crippen LogP contribution in [0.25, 0.3) is 11.0 Å². The molecule has 0 aliphatic carbocycles. The van der Waals surface area contributed by atoms with E-state index in [1.54, 1.807) is 16.8 Å². The molecule has 5 atom stereocenters. The molecule has 0 unspecified atom stereocenters. The van der Waals surface area contributed by atoms with Crippen molar-refractivity contribution in [1.82, 2.24) is 14.5 Å². The maximum absolute atomic E-state index is 13.8. The van der Waals surface area contributed by atoms with Crippen LogP contribution in [0, 0.1) is 11.6 Å². The summed E-state index contributed by atoms with van der Waals surface area (Å²) in [5.41, 5.74) is 7.27. The number of aliphatic hydroxyl groups excluding tert-OH is 2. The van der Waals surface area contributed by atoms with Crippen molar-refractivity contribution >= 4 is 16.9 Å². The van der Waals surface area contributed by atoms with Gasteiger partial charge in [-0.15, -0.1) is 0 Å². The Morgan fingerprint density at radius 3 is 2.76 bits per heavy atom. The van der Waals surface area contributed by atoms with Crippen molar-refractivity contribution in [3.05, 3.63) is 53.5 Å². The molecule has 0 amide bonds. The number of nitrogens with two attached hydrogens (primary N) is 1. The van der Waals surface area contributed by atoms with Gasteiger partial charge in [0.2, 0.25) is 0 Å². The molecule has 4 heterocycles. The number of nitrogen functional groups attached to an aromatic ring is 1. The molecule has 0 saturated carbocycles. The maximum Gasteiger partial charge on any atom is 0.164 e. The van der Waals surface area contributed by atoms with E-state index in [1.165, 1.54) is 6.33 Å². The maximum atomic E-state index is 13.8. The summed E-state index contributed by atoms with van der Waals surface area (Å²) in [5.74, 6) is -1.67. The minimum absolute atomic E-state index is 0.256. The molecule has 29 heavy (non-hydrogen) atoms. The quantitative estimate of drug-likeness (QED) is 0.588. The molecule has 8 nitrogen and oxygen atoms in total. The van der Waals surface area contributed by atoms with E-state index in [0.29, 0.717) is 28.6 Å². The molecule has 5 rings (SSSR count). The summed E-state index contributed by atoms with van der Waals surface area (Å²) in [5, 5.41) is 21.9. The average molecular weight is 404 g/mol. The highest BCUT2D eigenvalue weighted by atomic mass is 19.2. The van der Waals surface area contributed by atoms with Gasteiger partial charge in [0, 0.05) is 6.20 Å². The van der Waals surface area contributed by atoms with Gasteiger partial charge in [0.15, 0.2) is 17.9 Å². The lowest BCUT2D eigenvalue weighted by molar-refractivity contribution is -0.113. The van der Waals surface area contributed by atoms with E-state index in [1.807, 2.05) is 0 Å². The molecule has 1 fully saturated rings. The molecule has 0 radical (unpaired) electrons. The highest BCUT2D eigenvalue weighted by Crippen LogP contribution is 2.41. The van der Waals surface area contributed by atoms with Gasteiger partial charge in [0.05, 0.1) is 12.0 Å². The van der Waals surface area contributed by atoms with E-state index < -0.39 is 42.3 Å². The van der Waals surface area contributed by atoms with Gasteiger partial charge in [-0.2, -0.15) is 0 Å². The molecule has 10 heteroatoms. The normalized spacial score (nSPS) is 29.3. The number of hydrogen-bond acceptors (Lipinski definition) is 7. The zero-order valence-electron chi connectivity index (χ0n) is 15.1. The fourth-order valence-corrected chi connectivity index (χ4v) is 4.10. The van der Waals surface area contributed by atoms with Crippen LogP contribution >= 0.6 is 0 Å². The third-order valence-corrected chi connectivity index (χ3v) is 5.55. The van der Waals surface area contributed by atoms with Gasteiger partial charge in [-0.25, -0.2) is 18.7 Å². The van der Waals surface area contributed by atoms with Gasteiger partial charge in [-0.3, -0.25) is 0 Å². The van der Waals surface area contributed by atoms with E-state index in [0.717, 1.165) is 12.1 Å². The van der Waals surface area contributed by atoms with Crippen LogP contribution in [0.2, 0.25) is 0 Å². The molecule has 3 aromatic rings. The Labute approximate surface area is 163 Å². The first-order chi connectivity index (χ1) is 14.0. The first-order valence-electron chi connectivity index (χ1n) is 9.13. The lowest BCUT2D eigenvalue weighted by Crippen LogP contribution is -2.37. The van der Waals surface area contributed by atoms with Crippen LogP contribution in [0.5, 0.6) is 0 Å². The molecule has 2 aliphatic heterocycles. The molecule has 0 spiro atoms. The zero-order chi connectivity index (χ0) is 20.3. The van der Waals surface area contributed by atoms with Crippen LogP contribution in [0.4, 0.5) is 14.6 Å². The van der Waals surface area contributed by atoms with Crippen LogP contribution in [0.3, 0.4) is 0 Å². The van der Waals surface area contributed by atoms with Crippen molar-refractivity contribution in [1.29, 1.82) is 0 Å². The summed E-state index contributed by atoms with van der Waals surface area (Å²) in [4.78, 5) is 8.10. The average Bonchev–Trinajstić information content (AvgIpc) is 3.25. The second-order valence-corrected chi connectivity index (χ2v) is 7.20. The van der Waals surface area contributed by atoms with Crippen LogP contribution in [-0.2, 0) is 15.9 Å². The predicted octanol–water partition coefficient (Wildman–Crippen LogP) is 1.22. The smallest absolute Gasteiger partial charge is 0.164 e.